The minimum Gasteiger partial charge on any atom is -0.435 e. The van der Waals surface area contributed by atoms with Crippen LogP contribution < -0.4 is 15.6 Å². The molecule has 0 atom stereocenters. The highest BCUT2D eigenvalue weighted by atomic mass is 19.4. The molecule has 0 fully saturated rings. The van der Waals surface area contributed by atoms with E-state index in [1.165, 1.54) is 41.2 Å². The topological polar surface area (TPSA) is 86.9 Å². The number of nitrogens with zero attached hydrogens (tertiary/aromatic N) is 5. The lowest BCUT2D eigenvalue weighted by atomic mass is 10.0. The Labute approximate surface area is 217 Å². The molecule has 0 saturated carbocycles. The molecule has 0 radical (unpaired) electrons. The Morgan fingerprint density at radius 2 is 1.77 bits per heavy atom. The second-order valence-corrected chi connectivity index (χ2v) is 8.99. The molecule has 0 unspecified atom stereocenters. The fraction of sp³-hybridized carbons (Fsp3) is 0.231. The maximum atomic E-state index is 13.9. The molecular formula is C26H21F5N6O2. The number of anilines is 1. The van der Waals surface area contributed by atoms with Gasteiger partial charge in [0.2, 0.25) is 5.95 Å². The van der Waals surface area contributed by atoms with Crippen molar-refractivity contribution < 1.29 is 26.7 Å². The Morgan fingerprint density at radius 1 is 1.03 bits per heavy atom. The number of alkyl halides is 5. The van der Waals surface area contributed by atoms with E-state index in [4.69, 9.17) is 0 Å². The molecule has 0 aliphatic carbocycles. The monoisotopic (exact) mass is 544 g/mol. The molecule has 1 N–H and O–H groups in total. The number of fused-ring (bicyclic) bond motifs is 2. The highest BCUT2D eigenvalue weighted by Gasteiger charge is 2.27. The average Bonchev–Trinajstić information content (AvgIpc) is 3.31. The number of aromatic nitrogens is 5. The minimum atomic E-state index is -4.51. The van der Waals surface area contributed by atoms with E-state index in [0.717, 1.165) is 10.9 Å². The van der Waals surface area contributed by atoms with Gasteiger partial charge >= 0.3 is 12.8 Å². The molecule has 5 aromatic rings. The van der Waals surface area contributed by atoms with Gasteiger partial charge in [-0.05, 0) is 49.7 Å². The Kier molecular flexibility index (Phi) is 6.66. The summed E-state index contributed by atoms with van der Waals surface area (Å²) in [6, 6.07) is 10.7. The molecule has 0 amide bonds. The van der Waals surface area contributed by atoms with Crippen molar-refractivity contribution in [2.24, 2.45) is 0 Å². The fourth-order valence-electron chi connectivity index (χ4n) is 4.07. The van der Waals surface area contributed by atoms with Gasteiger partial charge in [0.15, 0.2) is 0 Å². The average molecular weight is 544 g/mol. The number of hydrogen-bond donors (Lipinski definition) is 1. The van der Waals surface area contributed by atoms with Crippen molar-refractivity contribution in [2.75, 3.05) is 11.9 Å². The summed E-state index contributed by atoms with van der Waals surface area (Å²) in [5.41, 5.74) is 1.16. The molecule has 0 saturated heterocycles. The summed E-state index contributed by atoms with van der Waals surface area (Å²) >= 11 is 0. The van der Waals surface area contributed by atoms with Crippen LogP contribution in [0.4, 0.5) is 27.9 Å². The summed E-state index contributed by atoms with van der Waals surface area (Å²) in [5, 5.41) is 7.80. The molecule has 8 nitrogen and oxygen atoms in total. The first-order valence-corrected chi connectivity index (χ1v) is 11.8. The van der Waals surface area contributed by atoms with Crippen LogP contribution in [0.25, 0.3) is 38.6 Å². The van der Waals surface area contributed by atoms with Crippen LogP contribution in [0.2, 0.25) is 0 Å². The van der Waals surface area contributed by atoms with Crippen LogP contribution >= 0.6 is 0 Å². The van der Waals surface area contributed by atoms with E-state index in [9.17, 15) is 26.7 Å². The maximum Gasteiger partial charge on any atom is 0.405 e. The van der Waals surface area contributed by atoms with Gasteiger partial charge in [-0.2, -0.15) is 27.1 Å². The third kappa shape index (κ3) is 5.52. The molecule has 0 aliphatic heterocycles. The number of nitrogens with one attached hydrogen (secondary N) is 1. The van der Waals surface area contributed by atoms with Crippen molar-refractivity contribution in [3.8, 4) is 22.6 Å². The quantitative estimate of drug-likeness (QED) is 0.255. The normalized spacial score (nSPS) is 12.1. The van der Waals surface area contributed by atoms with Crippen molar-refractivity contribution in [3.63, 3.8) is 0 Å². The molecular weight excluding hydrogens is 523 g/mol. The first-order chi connectivity index (χ1) is 18.5. The predicted molar refractivity (Wildman–Crippen MR) is 135 cm³/mol. The lowest BCUT2D eigenvalue weighted by Crippen LogP contribution is -2.23. The SMILES string of the molecule is CC(C)n1cc2cc(-n3cc4cnc(NCC(F)(F)F)nc4c(-c4ccc(OC(F)F)cc4)c3=O)ccc2n1. The minimum absolute atomic E-state index is 0.0477. The Bertz CT molecular complexity index is 1710. The van der Waals surface area contributed by atoms with Crippen LogP contribution in [0.5, 0.6) is 5.75 Å². The first kappa shape index (κ1) is 26.1. The molecule has 202 valence electrons. The van der Waals surface area contributed by atoms with Crippen molar-refractivity contribution in [1.82, 2.24) is 24.3 Å². The highest BCUT2D eigenvalue weighted by Crippen LogP contribution is 2.29. The second kappa shape index (κ2) is 9.97. The largest absolute Gasteiger partial charge is 0.435 e. The molecule has 3 heterocycles. The van der Waals surface area contributed by atoms with Crippen LogP contribution in [0.1, 0.15) is 19.9 Å². The van der Waals surface area contributed by atoms with E-state index in [1.54, 1.807) is 22.9 Å². The van der Waals surface area contributed by atoms with E-state index >= 15 is 0 Å². The van der Waals surface area contributed by atoms with Crippen LogP contribution in [-0.2, 0) is 0 Å². The summed E-state index contributed by atoms with van der Waals surface area (Å²) in [6.45, 7) is -0.421. The fourth-order valence-corrected chi connectivity index (χ4v) is 4.07. The zero-order valence-corrected chi connectivity index (χ0v) is 20.6. The van der Waals surface area contributed by atoms with Crippen LogP contribution in [-0.4, -0.2) is 43.6 Å². The number of ether oxygens (including phenoxy) is 1. The van der Waals surface area contributed by atoms with E-state index < -0.39 is 24.9 Å². The highest BCUT2D eigenvalue weighted by molar-refractivity contribution is 5.93. The smallest absolute Gasteiger partial charge is 0.405 e. The summed E-state index contributed by atoms with van der Waals surface area (Å²) in [5.74, 6) is -0.442. The first-order valence-electron chi connectivity index (χ1n) is 11.8. The summed E-state index contributed by atoms with van der Waals surface area (Å²) in [7, 11) is 0. The molecule has 3 aromatic heterocycles. The lowest BCUT2D eigenvalue weighted by molar-refractivity contribution is -0.115. The molecule has 39 heavy (non-hydrogen) atoms. The van der Waals surface area contributed by atoms with Crippen molar-refractivity contribution in [3.05, 3.63) is 71.4 Å². The molecule has 13 heteroatoms. The van der Waals surface area contributed by atoms with E-state index in [0.29, 0.717) is 16.6 Å². The van der Waals surface area contributed by atoms with Gasteiger partial charge < -0.3 is 10.1 Å². The number of rotatable bonds is 7. The van der Waals surface area contributed by atoms with Gasteiger partial charge in [-0.15, -0.1) is 0 Å². The number of halogens is 5. The number of hydrogen-bond acceptors (Lipinski definition) is 6. The van der Waals surface area contributed by atoms with Gasteiger partial charge in [-0.1, -0.05) is 12.1 Å². The van der Waals surface area contributed by atoms with E-state index in [2.05, 4.69) is 25.1 Å². The van der Waals surface area contributed by atoms with Crippen LogP contribution in [0.3, 0.4) is 0 Å². The third-order valence-electron chi connectivity index (χ3n) is 5.88. The Hall–Kier alpha value is -4.55. The standard InChI is InChI=1S/C26H21F5N6O2/c1-14(2)37-12-16-9-18(5-8-20(16)35-37)36-11-17-10-32-25(33-13-26(29,30)31)34-22(17)21(23(36)38)15-3-6-19(7-4-15)39-24(27)28/h3-12,14,24H,13H2,1-2H3,(H,33,34). The number of pyridine rings is 1. The van der Waals surface area contributed by atoms with Gasteiger partial charge in [0.25, 0.3) is 5.56 Å². The van der Waals surface area contributed by atoms with Crippen molar-refractivity contribution in [2.45, 2.75) is 32.7 Å². The summed E-state index contributed by atoms with van der Waals surface area (Å²) < 4.78 is 71.1. The van der Waals surface area contributed by atoms with E-state index in [1.807, 2.05) is 20.0 Å². The van der Waals surface area contributed by atoms with Crippen molar-refractivity contribution >= 4 is 27.8 Å². The second-order valence-electron chi connectivity index (χ2n) is 8.99. The summed E-state index contributed by atoms with van der Waals surface area (Å²) in [6.07, 6.45) is 0.161. The zero-order chi connectivity index (χ0) is 27.9. The Morgan fingerprint density at radius 3 is 2.44 bits per heavy atom. The summed E-state index contributed by atoms with van der Waals surface area (Å²) in [4.78, 5) is 22.0. The Balaban J connectivity index is 1.68. The molecule has 5 rings (SSSR count). The van der Waals surface area contributed by atoms with Gasteiger partial charge in [-0.3, -0.25) is 14.0 Å². The predicted octanol–water partition coefficient (Wildman–Crippen LogP) is 5.95. The third-order valence-corrected chi connectivity index (χ3v) is 5.88. The van der Waals surface area contributed by atoms with Gasteiger partial charge in [0, 0.05) is 41.1 Å². The van der Waals surface area contributed by atoms with Crippen LogP contribution in [0.15, 0.2) is 65.8 Å². The molecule has 2 aromatic carbocycles. The van der Waals surface area contributed by atoms with Crippen LogP contribution in [0, 0.1) is 0 Å². The van der Waals surface area contributed by atoms with Gasteiger partial charge in [0.1, 0.15) is 12.3 Å². The van der Waals surface area contributed by atoms with Gasteiger partial charge in [0.05, 0.1) is 16.6 Å². The molecule has 0 aliphatic rings. The maximum absolute atomic E-state index is 13.9. The lowest BCUT2D eigenvalue weighted by Gasteiger charge is -2.14. The molecule has 0 spiro atoms. The van der Waals surface area contributed by atoms with Gasteiger partial charge in [-0.25, -0.2) is 9.97 Å². The van der Waals surface area contributed by atoms with Crippen molar-refractivity contribution in [1.29, 1.82) is 0 Å². The zero-order valence-electron chi connectivity index (χ0n) is 20.6. The van der Waals surface area contributed by atoms with E-state index in [-0.39, 0.29) is 28.8 Å². The molecule has 0 bridgehead atoms. The number of benzene rings is 2.